The lowest BCUT2D eigenvalue weighted by Crippen LogP contribution is -2.35. The molecule has 0 aromatic carbocycles. The van der Waals surface area contributed by atoms with Gasteiger partial charge in [0.1, 0.15) is 5.75 Å². The summed E-state index contributed by atoms with van der Waals surface area (Å²) in [6.07, 6.45) is 3.23. The van der Waals surface area contributed by atoms with Crippen molar-refractivity contribution < 1.29 is 9.84 Å². The predicted molar refractivity (Wildman–Crippen MR) is 52.0 cm³/mol. The van der Waals surface area contributed by atoms with E-state index in [2.05, 4.69) is 9.88 Å². The molecule has 4 heteroatoms. The van der Waals surface area contributed by atoms with Crippen LogP contribution in [0.25, 0.3) is 0 Å². The normalized spacial score (nSPS) is 18.3. The van der Waals surface area contributed by atoms with Gasteiger partial charge in [0.2, 0.25) is 0 Å². The maximum atomic E-state index is 9.24. The van der Waals surface area contributed by atoms with Crippen LogP contribution in [0, 0.1) is 0 Å². The fraction of sp³-hybridized carbons (Fsp3) is 0.500. The largest absolute Gasteiger partial charge is 0.506 e. The fourth-order valence-electron chi connectivity index (χ4n) is 1.58. The Morgan fingerprint density at radius 2 is 2.14 bits per heavy atom. The van der Waals surface area contributed by atoms with E-state index < -0.39 is 0 Å². The van der Waals surface area contributed by atoms with Crippen LogP contribution in [0.1, 0.15) is 5.56 Å². The van der Waals surface area contributed by atoms with Crippen molar-refractivity contribution in [2.75, 3.05) is 26.3 Å². The number of rotatable bonds is 2. The lowest BCUT2D eigenvalue weighted by molar-refractivity contribution is 0.0341. The van der Waals surface area contributed by atoms with Gasteiger partial charge in [0.15, 0.2) is 0 Å². The summed E-state index contributed by atoms with van der Waals surface area (Å²) in [6.45, 7) is 4.34. The highest BCUT2D eigenvalue weighted by Crippen LogP contribution is 2.11. The van der Waals surface area contributed by atoms with Crippen molar-refractivity contribution >= 4 is 0 Å². The molecule has 0 saturated carbocycles. The summed E-state index contributed by atoms with van der Waals surface area (Å²) in [5, 5.41) is 9.24. The van der Waals surface area contributed by atoms with E-state index in [4.69, 9.17) is 4.74 Å². The number of aromatic nitrogens is 1. The number of nitrogens with zero attached hydrogens (tertiary/aromatic N) is 2. The summed E-state index contributed by atoms with van der Waals surface area (Å²) in [5.74, 6) is 0.232. The van der Waals surface area contributed by atoms with Gasteiger partial charge < -0.3 is 9.84 Å². The van der Waals surface area contributed by atoms with Gasteiger partial charge in [-0.05, 0) is 11.6 Å². The number of ether oxygens (including phenoxy) is 1. The minimum Gasteiger partial charge on any atom is -0.506 e. The number of pyridine rings is 1. The zero-order valence-corrected chi connectivity index (χ0v) is 8.02. The Kier molecular flexibility index (Phi) is 2.96. The molecule has 0 atom stereocenters. The van der Waals surface area contributed by atoms with Crippen molar-refractivity contribution in [3.05, 3.63) is 24.0 Å². The number of hydrogen-bond donors (Lipinski definition) is 1. The highest BCUT2D eigenvalue weighted by Gasteiger charge is 2.10. The molecule has 0 amide bonds. The zero-order valence-electron chi connectivity index (χ0n) is 8.02. The molecule has 14 heavy (non-hydrogen) atoms. The number of morpholine rings is 1. The first-order valence-corrected chi connectivity index (χ1v) is 4.77. The molecule has 0 unspecified atom stereocenters. The lowest BCUT2D eigenvalue weighted by atomic mass is 10.2. The summed E-state index contributed by atoms with van der Waals surface area (Å²) in [6, 6.07) is 1.75. The molecule has 1 aliphatic rings. The van der Waals surface area contributed by atoms with Crippen molar-refractivity contribution in [1.82, 2.24) is 9.88 Å². The fourth-order valence-corrected chi connectivity index (χ4v) is 1.58. The maximum absolute atomic E-state index is 9.24. The molecule has 0 bridgehead atoms. The molecule has 0 spiro atoms. The van der Waals surface area contributed by atoms with Gasteiger partial charge >= 0.3 is 0 Å². The third-order valence-corrected chi connectivity index (χ3v) is 2.29. The van der Waals surface area contributed by atoms with Crippen molar-refractivity contribution in [2.24, 2.45) is 0 Å². The Balaban J connectivity index is 1.95. The van der Waals surface area contributed by atoms with Gasteiger partial charge in [-0.3, -0.25) is 9.88 Å². The van der Waals surface area contributed by atoms with Crippen LogP contribution in [0.2, 0.25) is 0 Å². The van der Waals surface area contributed by atoms with Gasteiger partial charge in [-0.25, -0.2) is 0 Å². The van der Waals surface area contributed by atoms with Gasteiger partial charge in [0.25, 0.3) is 0 Å². The lowest BCUT2D eigenvalue weighted by Gasteiger charge is -2.26. The SMILES string of the molecule is Oc1cncc(CN2CCOCC2)c1. The average Bonchev–Trinajstić information content (AvgIpc) is 2.19. The van der Waals surface area contributed by atoms with Gasteiger partial charge in [-0.1, -0.05) is 0 Å². The molecule has 1 aliphatic heterocycles. The molecular formula is C10H14N2O2. The average molecular weight is 194 g/mol. The van der Waals surface area contributed by atoms with Crippen LogP contribution in [0.5, 0.6) is 5.75 Å². The Labute approximate surface area is 83.1 Å². The summed E-state index contributed by atoms with van der Waals surface area (Å²) in [7, 11) is 0. The van der Waals surface area contributed by atoms with Gasteiger partial charge in [0, 0.05) is 25.8 Å². The highest BCUT2D eigenvalue weighted by molar-refractivity contribution is 5.21. The van der Waals surface area contributed by atoms with E-state index >= 15 is 0 Å². The molecular weight excluding hydrogens is 180 g/mol. The van der Waals surface area contributed by atoms with E-state index in [0.29, 0.717) is 0 Å². The van der Waals surface area contributed by atoms with Crippen molar-refractivity contribution in [1.29, 1.82) is 0 Å². The molecule has 2 rings (SSSR count). The molecule has 1 N–H and O–H groups in total. The molecule has 2 heterocycles. The summed E-state index contributed by atoms with van der Waals surface area (Å²) >= 11 is 0. The van der Waals surface area contributed by atoms with Crippen LogP contribution in [-0.4, -0.2) is 41.3 Å². The van der Waals surface area contributed by atoms with Crippen LogP contribution in [0.4, 0.5) is 0 Å². The van der Waals surface area contributed by atoms with Crippen LogP contribution in [0.3, 0.4) is 0 Å². The minimum atomic E-state index is 0.232. The van der Waals surface area contributed by atoms with Gasteiger partial charge in [-0.2, -0.15) is 0 Å². The quantitative estimate of drug-likeness (QED) is 0.749. The van der Waals surface area contributed by atoms with E-state index in [9.17, 15) is 5.11 Å². The summed E-state index contributed by atoms with van der Waals surface area (Å²) in [5.41, 5.74) is 1.05. The monoisotopic (exact) mass is 194 g/mol. The highest BCUT2D eigenvalue weighted by atomic mass is 16.5. The van der Waals surface area contributed by atoms with Crippen molar-refractivity contribution in [2.45, 2.75) is 6.54 Å². The van der Waals surface area contributed by atoms with Crippen molar-refractivity contribution in [3.8, 4) is 5.75 Å². The predicted octanol–water partition coefficient (Wildman–Crippen LogP) is 0.619. The zero-order chi connectivity index (χ0) is 9.80. The van der Waals surface area contributed by atoms with Gasteiger partial charge in [-0.15, -0.1) is 0 Å². The summed E-state index contributed by atoms with van der Waals surface area (Å²) in [4.78, 5) is 6.23. The molecule has 0 radical (unpaired) electrons. The van der Waals surface area contributed by atoms with E-state index in [1.54, 1.807) is 12.3 Å². The summed E-state index contributed by atoms with van der Waals surface area (Å²) < 4.78 is 5.25. The van der Waals surface area contributed by atoms with Crippen LogP contribution in [-0.2, 0) is 11.3 Å². The van der Waals surface area contributed by atoms with E-state index in [0.717, 1.165) is 38.4 Å². The molecule has 1 saturated heterocycles. The third kappa shape index (κ3) is 2.43. The Morgan fingerprint density at radius 3 is 2.86 bits per heavy atom. The smallest absolute Gasteiger partial charge is 0.134 e. The Morgan fingerprint density at radius 1 is 1.36 bits per heavy atom. The molecule has 1 aromatic heterocycles. The molecule has 1 aromatic rings. The second-order valence-electron chi connectivity index (χ2n) is 3.44. The first-order valence-electron chi connectivity index (χ1n) is 4.77. The molecule has 0 aliphatic carbocycles. The molecule has 4 nitrogen and oxygen atoms in total. The van der Waals surface area contributed by atoms with E-state index in [-0.39, 0.29) is 5.75 Å². The second-order valence-corrected chi connectivity index (χ2v) is 3.44. The Hall–Kier alpha value is -1.13. The second kappa shape index (κ2) is 4.39. The van der Waals surface area contributed by atoms with Crippen LogP contribution >= 0.6 is 0 Å². The number of aromatic hydroxyl groups is 1. The first kappa shape index (κ1) is 9.43. The first-order chi connectivity index (χ1) is 6.84. The standard InChI is InChI=1S/C10H14N2O2/c13-10-5-9(6-11-7-10)8-12-1-3-14-4-2-12/h5-7,13H,1-4,8H2. The third-order valence-electron chi connectivity index (χ3n) is 2.29. The molecule has 1 fully saturated rings. The topological polar surface area (TPSA) is 45.6 Å². The van der Waals surface area contributed by atoms with Crippen LogP contribution in [0.15, 0.2) is 18.5 Å². The van der Waals surface area contributed by atoms with Crippen LogP contribution < -0.4 is 0 Å². The van der Waals surface area contributed by atoms with E-state index in [1.807, 2.05) is 0 Å². The minimum absolute atomic E-state index is 0.232. The van der Waals surface area contributed by atoms with E-state index in [1.165, 1.54) is 6.20 Å². The molecule has 76 valence electrons. The Bertz CT molecular complexity index is 298. The maximum Gasteiger partial charge on any atom is 0.134 e. The number of hydrogen-bond acceptors (Lipinski definition) is 4. The van der Waals surface area contributed by atoms with Gasteiger partial charge in [0.05, 0.1) is 19.4 Å². The van der Waals surface area contributed by atoms with Crippen molar-refractivity contribution in [3.63, 3.8) is 0 Å².